The van der Waals surface area contributed by atoms with Crippen molar-refractivity contribution in [1.82, 2.24) is 14.7 Å². The molecular formula is C15H25N3O2. The van der Waals surface area contributed by atoms with Gasteiger partial charge in [-0.25, -0.2) is 0 Å². The smallest absolute Gasteiger partial charge is 0.236 e. The molecule has 0 aromatic carbocycles. The summed E-state index contributed by atoms with van der Waals surface area (Å²) in [7, 11) is 0. The molecule has 0 saturated carbocycles. The molecule has 2 fully saturated rings. The van der Waals surface area contributed by atoms with Crippen molar-refractivity contribution in [2.45, 2.75) is 25.3 Å². The molecule has 0 aromatic rings. The van der Waals surface area contributed by atoms with E-state index in [0.717, 1.165) is 52.0 Å². The number of amides is 1. The predicted octanol–water partition coefficient (Wildman–Crippen LogP) is -0.389. The van der Waals surface area contributed by atoms with Crippen LogP contribution in [0.1, 0.15) is 19.3 Å². The lowest BCUT2D eigenvalue weighted by molar-refractivity contribution is -0.135. The normalized spacial score (nSPS) is 25.4. The molecule has 0 aromatic heterocycles. The van der Waals surface area contributed by atoms with E-state index in [2.05, 4.69) is 15.7 Å². The number of aliphatic hydroxyl groups is 1. The van der Waals surface area contributed by atoms with Gasteiger partial charge in [0.25, 0.3) is 0 Å². The molecule has 1 N–H and O–H groups in total. The Morgan fingerprint density at radius 3 is 2.60 bits per heavy atom. The highest BCUT2D eigenvalue weighted by molar-refractivity contribution is 5.78. The first kappa shape index (κ1) is 15.3. The summed E-state index contributed by atoms with van der Waals surface area (Å²) in [5.74, 6) is 2.83. The first-order valence-electron chi connectivity index (χ1n) is 7.53. The van der Waals surface area contributed by atoms with E-state index in [1.165, 1.54) is 0 Å². The van der Waals surface area contributed by atoms with Crippen LogP contribution in [0.5, 0.6) is 0 Å². The van der Waals surface area contributed by atoms with Crippen molar-refractivity contribution in [2.24, 2.45) is 0 Å². The van der Waals surface area contributed by atoms with Gasteiger partial charge in [-0.05, 0) is 19.4 Å². The van der Waals surface area contributed by atoms with E-state index in [1.54, 1.807) is 0 Å². The molecule has 1 amide bonds. The van der Waals surface area contributed by atoms with Gasteiger partial charge in [-0.2, -0.15) is 0 Å². The average molecular weight is 279 g/mol. The van der Waals surface area contributed by atoms with Gasteiger partial charge in [-0.3, -0.25) is 14.6 Å². The summed E-state index contributed by atoms with van der Waals surface area (Å²) in [5, 5.41) is 9.39. The number of piperidine rings is 1. The van der Waals surface area contributed by atoms with E-state index in [0.29, 0.717) is 13.1 Å². The molecular weight excluding hydrogens is 254 g/mol. The highest BCUT2D eigenvalue weighted by Crippen LogP contribution is 2.16. The fraction of sp³-hybridized carbons (Fsp3) is 0.800. The van der Waals surface area contributed by atoms with Crippen molar-refractivity contribution < 1.29 is 9.90 Å². The van der Waals surface area contributed by atoms with Crippen LogP contribution in [0, 0.1) is 12.3 Å². The predicted molar refractivity (Wildman–Crippen MR) is 78.2 cm³/mol. The topological polar surface area (TPSA) is 47.0 Å². The van der Waals surface area contributed by atoms with Gasteiger partial charge < -0.3 is 10.0 Å². The number of nitrogens with zero attached hydrogens (tertiary/aromatic N) is 3. The molecule has 0 radical (unpaired) electrons. The molecule has 0 bridgehead atoms. The summed E-state index contributed by atoms with van der Waals surface area (Å²) < 4.78 is 0. The molecule has 2 aliphatic rings. The van der Waals surface area contributed by atoms with Crippen LogP contribution in [0.3, 0.4) is 0 Å². The molecule has 2 aliphatic heterocycles. The number of hydrogen-bond acceptors (Lipinski definition) is 4. The number of carbonyl (C=O) groups is 1. The summed E-state index contributed by atoms with van der Waals surface area (Å²) in [4.78, 5) is 18.6. The van der Waals surface area contributed by atoms with E-state index >= 15 is 0 Å². The fourth-order valence-corrected chi connectivity index (χ4v) is 3.03. The van der Waals surface area contributed by atoms with Crippen LogP contribution in [-0.2, 0) is 4.79 Å². The van der Waals surface area contributed by atoms with Crippen LogP contribution in [-0.4, -0.2) is 84.2 Å². The fourth-order valence-electron chi connectivity index (χ4n) is 3.03. The summed E-state index contributed by atoms with van der Waals surface area (Å²) in [6.45, 7) is 5.44. The second kappa shape index (κ2) is 7.63. The third-order valence-electron chi connectivity index (χ3n) is 4.34. The van der Waals surface area contributed by atoms with Gasteiger partial charge in [0.05, 0.1) is 19.7 Å². The zero-order valence-corrected chi connectivity index (χ0v) is 12.1. The second-order valence-corrected chi connectivity index (χ2v) is 5.66. The lowest BCUT2D eigenvalue weighted by Gasteiger charge is -2.38. The summed E-state index contributed by atoms with van der Waals surface area (Å²) >= 11 is 0. The maximum Gasteiger partial charge on any atom is 0.236 e. The molecule has 20 heavy (non-hydrogen) atoms. The number of piperazine rings is 1. The molecule has 112 valence electrons. The Kier molecular flexibility index (Phi) is 5.84. The lowest BCUT2D eigenvalue weighted by atomic mass is 10.0. The quantitative estimate of drug-likeness (QED) is 0.712. The molecule has 1 atom stereocenters. The Morgan fingerprint density at radius 1 is 1.20 bits per heavy atom. The largest absolute Gasteiger partial charge is 0.395 e. The highest BCUT2D eigenvalue weighted by Gasteiger charge is 2.27. The molecule has 1 unspecified atom stereocenters. The average Bonchev–Trinajstić information content (AvgIpc) is 2.49. The minimum absolute atomic E-state index is 0.156. The van der Waals surface area contributed by atoms with Crippen molar-refractivity contribution in [1.29, 1.82) is 0 Å². The van der Waals surface area contributed by atoms with Crippen molar-refractivity contribution in [2.75, 3.05) is 52.4 Å². The number of terminal acetylenes is 1. The van der Waals surface area contributed by atoms with Crippen LogP contribution in [0.4, 0.5) is 0 Å². The Balaban J connectivity index is 1.79. The van der Waals surface area contributed by atoms with E-state index < -0.39 is 0 Å². The Hall–Kier alpha value is -1.09. The molecule has 5 nitrogen and oxygen atoms in total. The highest BCUT2D eigenvalue weighted by atomic mass is 16.3. The Labute approximate surface area is 121 Å². The van der Waals surface area contributed by atoms with Crippen LogP contribution in [0.25, 0.3) is 0 Å². The van der Waals surface area contributed by atoms with Crippen molar-refractivity contribution in [3.8, 4) is 12.3 Å². The molecule has 0 spiro atoms. The third kappa shape index (κ3) is 3.95. The standard InChI is InChI=1S/C15H25N3O2/c1-2-6-16-8-10-17(11-9-16)15(20)12-18-7-4-3-5-14(18)13-19/h1,14,19H,3-13H2. The summed E-state index contributed by atoms with van der Waals surface area (Å²) in [6, 6.07) is 0.162. The molecule has 0 aliphatic carbocycles. The number of hydrogen-bond donors (Lipinski definition) is 1. The van der Waals surface area contributed by atoms with Crippen LogP contribution in [0.2, 0.25) is 0 Å². The first-order chi connectivity index (χ1) is 9.74. The van der Waals surface area contributed by atoms with E-state index in [4.69, 9.17) is 6.42 Å². The third-order valence-corrected chi connectivity index (χ3v) is 4.34. The monoisotopic (exact) mass is 279 g/mol. The number of likely N-dealkylation sites (tertiary alicyclic amines) is 1. The SMILES string of the molecule is C#CCN1CCN(C(=O)CN2CCCCC2CO)CC1. The van der Waals surface area contributed by atoms with Gasteiger partial charge in [-0.15, -0.1) is 6.42 Å². The Morgan fingerprint density at radius 2 is 1.95 bits per heavy atom. The van der Waals surface area contributed by atoms with Gasteiger partial charge in [-0.1, -0.05) is 12.3 Å². The van der Waals surface area contributed by atoms with Gasteiger partial charge in [0.1, 0.15) is 0 Å². The molecule has 2 heterocycles. The minimum Gasteiger partial charge on any atom is -0.395 e. The molecule has 2 saturated heterocycles. The maximum atomic E-state index is 12.3. The zero-order valence-electron chi connectivity index (χ0n) is 12.1. The minimum atomic E-state index is 0.156. The second-order valence-electron chi connectivity index (χ2n) is 5.66. The van der Waals surface area contributed by atoms with Gasteiger partial charge in [0, 0.05) is 32.2 Å². The van der Waals surface area contributed by atoms with E-state index in [1.807, 2.05) is 4.90 Å². The van der Waals surface area contributed by atoms with Gasteiger partial charge in [0.2, 0.25) is 5.91 Å². The van der Waals surface area contributed by atoms with Crippen molar-refractivity contribution in [3.05, 3.63) is 0 Å². The number of carbonyl (C=O) groups excluding carboxylic acids is 1. The van der Waals surface area contributed by atoms with Gasteiger partial charge >= 0.3 is 0 Å². The van der Waals surface area contributed by atoms with Crippen LogP contribution < -0.4 is 0 Å². The summed E-state index contributed by atoms with van der Waals surface area (Å²) in [5.41, 5.74) is 0. The maximum absolute atomic E-state index is 12.3. The lowest BCUT2D eigenvalue weighted by Crippen LogP contribution is -2.53. The van der Waals surface area contributed by atoms with Crippen molar-refractivity contribution >= 4 is 5.91 Å². The van der Waals surface area contributed by atoms with Crippen LogP contribution >= 0.6 is 0 Å². The van der Waals surface area contributed by atoms with Crippen molar-refractivity contribution in [3.63, 3.8) is 0 Å². The van der Waals surface area contributed by atoms with E-state index in [9.17, 15) is 9.90 Å². The first-order valence-corrected chi connectivity index (χ1v) is 7.53. The van der Waals surface area contributed by atoms with E-state index in [-0.39, 0.29) is 18.6 Å². The molecule has 2 rings (SSSR count). The van der Waals surface area contributed by atoms with Crippen LogP contribution in [0.15, 0.2) is 0 Å². The zero-order chi connectivity index (χ0) is 14.4. The number of rotatable bonds is 4. The molecule has 5 heteroatoms. The number of aliphatic hydroxyl groups excluding tert-OH is 1. The van der Waals surface area contributed by atoms with Gasteiger partial charge in [0.15, 0.2) is 0 Å². The summed E-state index contributed by atoms with van der Waals surface area (Å²) in [6.07, 6.45) is 8.58. The Bertz CT molecular complexity index is 359.